The van der Waals surface area contributed by atoms with E-state index in [1.807, 2.05) is 4.90 Å². The summed E-state index contributed by atoms with van der Waals surface area (Å²) in [5, 5.41) is 0. The molecule has 0 radical (unpaired) electrons. The Bertz CT molecular complexity index is 247. The number of carbonyl (C=O) groups excluding carboxylic acids is 1. The van der Waals surface area contributed by atoms with E-state index in [2.05, 4.69) is 27.8 Å². The van der Waals surface area contributed by atoms with Gasteiger partial charge in [0.15, 0.2) is 0 Å². The van der Waals surface area contributed by atoms with Gasteiger partial charge in [-0.25, -0.2) is 0 Å². The third-order valence-corrected chi connectivity index (χ3v) is 4.42. The summed E-state index contributed by atoms with van der Waals surface area (Å²) in [6, 6.07) is 0.608. The molecular formula is C11H19BrN2O. The van der Waals surface area contributed by atoms with Crippen molar-refractivity contribution in [1.29, 1.82) is 0 Å². The highest BCUT2D eigenvalue weighted by molar-refractivity contribution is 9.10. The molecule has 4 heteroatoms. The van der Waals surface area contributed by atoms with Gasteiger partial charge in [-0.05, 0) is 32.4 Å². The lowest BCUT2D eigenvalue weighted by molar-refractivity contribution is -0.127. The van der Waals surface area contributed by atoms with E-state index in [0.717, 1.165) is 26.1 Å². The van der Waals surface area contributed by atoms with Gasteiger partial charge in [-0.3, -0.25) is 9.69 Å². The van der Waals surface area contributed by atoms with Crippen molar-refractivity contribution in [2.75, 3.05) is 26.2 Å². The Hall–Kier alpha value is -0.0900. The van der Waals surface area contributed by atoms with Crippen molar-refractivity contribution in [1.82, 2.24) is 9.80 Å². The molecule has 2 fully saturated rings. The molecule has 0 aromatic rings. The molecule has 2 saturated heterocycles. The summed E-state index contributed by atoms with van der Waals surface area (Å²) in [6.07, 6.45) is 3.51. The molecule has 2 aliphatic heterocycles. The Balaban J connectivity index is 1.89. The Labute approximate surface area is 99.9 Å². The van der Waals surface area contributed by atoms with E-state index in [-0.39, 0.29) is 10.7 Å². The number of likely N-dealkylation sites (tertiary alicyclic amines) is 2. The summed E-state index contributed by atoms with van der Waals surface area (Å²) < 4.78 is 0. The van der Waals surface area contributed by atoms with Gasteiger partial charge in [0.25, 0.3) is 0 Å². The van der Waals surface area contributed by atoms with E-state index in [9.17, 15) is 4.79 Å². The van der Waals surface area contributed by atoms with Crippen LogP contribution < -0.4 is 0 Å². The van der Waals surface area contributed by atoms with Gasteiger partial charge in [-0.2, -0.15) is 0 Å². The summed E-state index contributed by atoms with van der Waals surface area (Å²) in [5.74, 6) is 0.290. The minimum absolute atomic E-state index is 0.0778. The Kier molecular flexibility index (Phi) is 3.67. The van der Waals surface area contributed by atoms with Crippen molar-refractivity contribution in [3.8, 4) is 0 Å². The summed E-state index contributed by atoms with van der Waals surface area (Å²) in [7, 11) is 0. The average Bonchev–Trinajstić information content (AvgIpc) is 2.80. The van der Waals surface area contributed by atoms with Gasteiger partial charge >= 0.3 is 0 Å². The van der Waals surface area contributed by atoms with Crippen molar-refractivity contribution in [3.05, 3.63) is 0 Å². The predicted molar refractivity (Wildman–Crippen MR) is 64.2 cm³/mol. The number of hydrogen-bond acceptors (Lipinski definition) is 2. The minimum Gasteiger partial charge on any atom is -0.340 e. The second kappa shape index (κ2) is 4.83. The molecule has 1 amide bonds. The first kappa shape index (κ1) is 11.4. The molecule has 3 nitrogen and oxygen atoms in total. The van der Waals surface area contributed by atoms with E-state index < -0.39 is 0 Å². The summed E-state index contributed by atoms with van der Waals surface area (Å²) in [4.78, 5) is 16.3. The minimum atomic E-state index is 0.0778. The predicted octanol–water partition coefficient (Wildman–Crippen LogP) is 1.47. The van der Waals surface area contributed by atoms with Gasteiger partial charge in [0.05, 0.1) is 4.83 Å². The lowest BCUT2D eigenvalue weighted by atomic mass is 10.2. The van der Waals surface area contributed by atoms with Gasteiger partial charge < -0.3 is 4.90 Å². The first-order valence-electron chi connectivity index (χ1n) is 5.89. The normalized spacial score (nSPS) is 32.9. The first-order valence-corrected chi connectivity index (χ1v) is 6.81. The highest BCUT2D eigenvalue weighted by Gasteiger charge is 2.33. The Morgan fingerprint density at radius 2 is 2.20 bits per heavy atom. The fraction of sp³-hybridized carbons (Fsp3) is 0.909. The molecular weight excluding hydrogens is 256 g/mol. The molecule has 2 heterocycles. The maximum Gasteiger partial charge on any atom is 0.236 e. The Morgan fingerprint density at radius 1 is 1.40 bits per heavy atom. The van der Waals surface area contributed by atoms with Crippen molar-refractivity contribution in [3.63, 3.8) is 0 Å². The summed E-state index contributed by atoms with van der Waals surface area (Å²) >= 11 is 3.42. The zero-order valence-corrected chi connectivity index (χ0v) is 10.9. The zero-order valence-electron chi connectivity index (χ0n) is 9.29. The molecule has 15 heavy (non-hydrogen) atoms. The van der Waals surface area contributed by atoms with Crippen LogP contribution in [0.5, 0.6) is 0 Å². The number of carbonyl (C=O) groups is 1. The highest BCUT2D eigenvalue weighted by atomic mass is 79.9. The smallest absolute Gasteiger partial charge is 0.236 e. The van der Waals surface area contributed by atoms with Crippen LogP contribution in [-0.4, -0.2) is 52.8 Å². The molecule has 0 spiro atoms. The van der Waals surface area contributed by atoms with Crippen molar-refractivity contribution in [2.45, 2.75) is 37.1 Å². The lowest BCUT2D eigenvalue weighted by Crippen LogP contribution is -2.41. The monoisotopic (exact) mass is 274 g/mol. The van der Waals surface area contributed by atoms with Crippen LogP contribution in [-0.2, 0) is 4.79 Å². The lowest BCUT2D eigenvalue weighted by Gasteiger charge is -2.27. The second-order valence-corrected chi connectivity index (χ2v) is 5.57. The van der Waals surface area contributed by atoms with E-state index >= 15 is 0 Å². The molecule has 0 bridgehead atoms. The van der Waals surface area contributed by atoms with E-state index in [0.29, 0.717) is 6.04 Å². The Morgan fingerprint density at radius 3 is 2.80 bits per heavy atom. The van der Waals surface area contributed by atoms with Crippen molar-refractivity contribution in [2.24, 2.45) is 0 Å². The third kappa shape index (κ3) is 2.36. The van der Waals surface area contributed by atoms with E-state index in [4.69, 9.17) is 0 Å². The molecule has 2 aliphatic rings. The largest absolute Gasteiger partial charge is 0.340 e. The van der Waals surface area contributed by atoms with E-state index in [1.165, 1.54) is 19.4 Å². The topological polar surface area (TPSA) is 23.6 Å². The van der Waals surface area contributed by atoms with Crippen LogP contribution in [0.15, 0.2) is 0 Å². The third-order valence-electron chi connectivity index (χ3n) is 3.57. The summed E-state index contributed by atoms with van der Waals surface area (Å²) in [5.41, 5.74) is 0. The van der Waals surface area contributed by atoms with Gasteiger partial charge in [-0.1, -0.05) is 22.9 Å². The highest BCUT2D eigenvalue weighted by Crippen LogP contribution is 2.23. The SMILES string of the molecule is CCN1CCCC1CN1CCC(Br)C1=O. The standard InChI is InChI=1S/C11H19BrN2O/c1-2-13-6-3-4-9(13)8-14-7-5-10(12)11(14)15/h9-10H,2-8H2,1H3. The molecule has 0 aromatic carbocycles. The van der Waals surface area contributed by atoms with Crippen LogP contribution in [0.1, 0.15) is 26.2 Å². The molecule has 2 unspecified atom stereocenters. The van der Waals surface area contributed by atoms with Gasteiger partial charge in [0, 0.05) is 19.1 Å². The number of likely N-dealkylation sites (N-methyl/N-ethyl adjacent to an activating group) is 1. The fourth-order valence-electron chi connectivity index (χ4n) is 2.65. The maximum absolute atomic E-state index is 11.7. The quantitative estimate of drug-likeness (QED) is 0.728. The van der Waals surface area contributed by atoms with Gasteiger partial charge in [-0.15, -0.1) is 0 Å². The maximum atomic E-state index is 11.7. The van der Waals surface area contributed by atoms with Crippen LogP contribution in [0, 0.1) is 0 Å². The molecule has 2 rings (SSSR count). The summed E-state index contributed by atoms with van der Waals surface area (Å²) in [6.45, 7) is 6.40. The number of rotatable bonds is 3. The van der Waals surface area contributed by atoms with Gasteiger partial charge in [0.1, 0.15) is 0 Å². The fourth-order valence-corrected chi connectivity index (χ4v) is 3.15. The molecule has 0 saturated carbocycles. The van der Waals surface area contributed by atoms with Crippen LogP contribution in [0.4, 0.5) is 0 Å². The number of nitrogens with zero attached hydrogens (tertiary/aromatic N) is 2. The average molecular weight is 275 g/mol. The molecule has 0 aliphatic carbocycles. The van der Waals surface area contributed by atoms with Gasteiger partial charge in [0.2, 0.25) is 5.91 Å². The van der Waals surface area contributed by atoms with Crippen molar-refractivity contribution >= 4 is 21.8 Å². The number of amides is 1. The van der Waals surface area contributed by atoms with Crippen LogP contribution in [0.25, 0.3) is 0 Å². The second-order valence-electron chi connectivity index (χ2n) is 4.47. The molecule has 2 atom stereocenters. The van der Waals surface area contributed by atoms with Crippen LogP contribution in [0.2, 0.25) is 0 Å². The molecule has 0 N–H and O–H groups in total. The van der Waals surface area contributed by atoms with Crippen LogP contribution in [0.3, 0.4) is 0 Å². The first-order chi connectivity index (χ1) is 7.22. The zero-order chi connectivity index (χ0) is 10.8. The number of halogens is 1. The molecule has 0 aromatic heterocycles. The number of alkyl halides is 1. The molecule has 86 valence electrons. The number of hydrogen-bond donors (Lipinski definition) is 0. The van der Waals surface area contributed by atoms with Crippen molar-refractivity contribution < 1.29 is 4.79 Å². The van der Waals surface area contributed by atoms with E-state index in [1.54, 1.807) is 0 Å². The van der Waals surface area contributed by atoms with Crippen LogP contribution >= 0.6 is 15.9 Å².